The van der Waals surface area contributed by atoms with Crippen LogP contribution in [0, 0.1) is 0 Å². The van der Waals surface area contributed by atoms with Crippen LogP contribution in [0.3, 0.4) is 0 Å². The summed E-state index contributed by atoms with van der Waals surface area (Å²) >= 11 is 0. The first-order valence-corrected chi connectivity index (χ1v) is 14.3. The molecule has 0 saturated heterocycles. The van der Waals surface area contributed by atoms with Gasteiger partial charge in [-0.3, -0.25) is 0 Å². The van der Waals surface area contributed by atoms with Crippen molar-refractivity contribution in [2.75, 3.05) is 6.61 Å². The van der Waals surface area contributed by atoms with E-state index in [0.29, 0.717) is 19.3 Å². The van der Waals surface area contributed by atoms with Gasteiger partial charge < -0.3 is 25.2 Å². The average Bonchev–Trinajstić information content (AvgIpc) is 2.81. The molecule has 0 bridgehead atoms. The fraction of sp³-hybridized carbons (Fsp3) is 1.00. The van der Waals surface area contributed by atoms with Crippen molar-refractivity contribution < 1.29 is 25.2 Å². The molecule has 0 radical (unpaired) electrons. The highest BCUT2D eigenvalue weighted by atomic mass is 16.7. The van der Waals surface area contributed by atoms with E-state index in [1.54, 1.807) is 0 Å². The maximum atomic E-state index is 9.88. The maximum Gasteiger partial charge on any atom is 0.157 e. The van der Waals surface area contributed by atoms with Crippen LogP contribution in [-0.4, -0.2) is 45.7 Å². The van der Waals surface area contributed by atoms with Gasteiger partial charge >= 0.3 is 0 Å². The van der Waals surface area contributed by atoms with Crippen LogP contribution in [0.1, 0.15) is 156 Å². The third kappa shape index (κ3) is 31.8. The molecular formula is C28H60O5. The third-order valence-electron chi connectivity index (χ3n) is 6.11. The molecule has 0 rings (SSSR count). The molecule has 33 heavy (non-hydrogen) atoms. The van der Waals surface area contributed by atoms with Crippen molar-refractivity contribution >= 4 is 0 Å². The minimum atomic E-state index is -0.803. The molecule has 0 heterocycles. The van der Waals surface area contributed by atoms with E-state index < -0.39 is 18.7 Å². The molecule has 0 aliphatic heterocycles. The van der Waals surface area contributed by atoms with Crippen molar-refractivity contribution in [1.82, 2.24) is 0 Å². The quantitative estimate of drug-likeness (QED) is 0.0871. The molecular weight excluding hydrogens is 416 g/mol. The van der Waals surface area contributed by atoms with Gasteiger partial charge in [0.25, 0.3) is 0 Å². The van der Waals surface area contributed by atoms with Gasteiger partial charge in [-0.2, -0.15) is 0 Å². The highest BCUT2D eigenvalue weighted by molar-refractivity contribution is 4.52. The summed E-state index contributed by atoms with van der Waals surface area (Å²) in [4.78, 5) is 0. The van der Waals surface area contributed by atoms with E-state index in [2.05, 4.69) is 13.8 Å². The van der Waals surface area contributed by atoms with E-state index >= 15 is 0 Å². The molecule has 0 spiro atoms. The van der Waals surface area contributed by atoms with E-state index in [9.17, 15) is 10.2 Å². The summed E-state index contributed by atoms with van der Waals surface area (Å²) in [7, 11) is 0. The van der Waals surface area contributed by atoms with E-state index in [1.807, 2.05) is 6.92 Å². The minimum absolute atomic E-state index is 0.115. The first-order chi connectivity index (χ1) is 16.0. The Morgan fingerprint density at radius 2 is 0.788 bits per heavy atom. The Morgan fingerprint density at radius 3 is 1.03 bits per heavy atom. The van der Waals surface area contributed by atoms with Gasteiger partial charge in [0.1, 0.15) is 0 Å². The maximum absolute atomic E-state index is 9.88. The molecule has 0 amide bonds. The lowest BCUT2D eigenvalue weighted by Gasteiger charge is -2.17. The fourth-order valence-corrected chi connectivity index (χ4v) is 3.71. The van der Waals surface area contributed by atoms with Gasteiger partial charge in [0.15, 0.2) is 12.6 Å². The van der Waals surface area contributed by atoms with Gasteiger partial charge in [-0.05, 0) is 32.1 Å². The topological polar surface area (TPSA) is 90.2 Å². The van der Waals surface area contributed by atoms with Crippen LogP contribution in [0.25, 0.3) is 0 Å². The van der Waals surface area contributed by atoms with Crippen molar-refractivity contribution in [2.45, 2.75) is 174 Å². The Labute approximate surface area is 206 Å². The van der Waals surface area contributed by atoms with Gasteiger partial charge in [0.05, 0.1) is 12.7 Å². The molecule has 0 aromatic carbocycles. The SMILES string of the molecule is CCC(O)CO.CCCCCCCCCCCC(O)OC(O)CCCCCCCCCCC. The van der Waals surface area contributed by atoms with Crippen molar-refractivity contribution in [3.63, 3.8) is 0 Å². The van der Waals surface area contributed by atoms with Crippen LogP contribution in [0.4, 0.5) is 0 Å². The van der Waals surface area contributed by atoms with Crippen LogP contribution in [0.2, 0.25) is 0 Å². The molecule has 0 saturated carbocycles. The van der Waals surface area contributed by atoms with Crippen LogP contribution >= 0.6 is 0 Å². The smallest absolute Gasteiger partial charge is 0.157 e. The summed E-state index contributed by atoms with van der Waals surface area (Å²) in [5, 5.41) is 36.3. The number of hydrogen-bond acceptors (Lipinski definition) is 5. The van der Waals surface area contributed by atoms with Crippen LogP contribution in [0.5, 0.6) is 0 Å². The van der Waals surface area contributed by atoms with Crippen LogP contribution < -0.4 is 0 Å². The molecule has 202 valence electrons. The summed E-state index contributed by atoms with van der Waals surface area (Å²) in [6.07, 6.45) is 22.7. The van der Waals surface area contributed by atoms with Crippen molar-refractivity contribution in [1.29, 1.82) is 0 Å². The van der Waals surface area contributed by atoms with Gasteiger partial charge in [-0.1, -0.05) is 124 Å². The lowest BCUT2D eigenvalue weighted by atomic mass is 10.1. The van der Waals surface area contributed by atoms with E-state index in [-0.39, 0.29) is 6.61 Å². The Bertz CT molecular complexity index is 310. The largest absolute Gasteiger partial charge is 0.394 e. The molecule has 5 nitrogen and oxygen atoms in total. The minimum Gasteiger partial charge on any atom is -0.394 e. The molecule has 4 N–H and O–H groups in total. The number of rotatable bonds is 24. The average molecular weight is 477 g/mol. The van der Waals surface area contributed by atoms with Crippen LogP contribution in [-0.2, 0) is 4.74 Å². The van der Waals surface area contributed by atoms with Gasteiger partial charge in [0, 0.05) is 0 Å². The van der Waals surface area contributed by atoms with Crippen molar-refractivity contribution in [3.05, 3.63) is 0 Å². The highest BCUT2D eigenvalue weighted by Crippen LogP contribution is 2.15. The number of aliphatic hydroxyl groups is 4. The van der Waals surface area contributed by atoms with E-state index in [1.165, 1.54) is 89.9 Å². The first-order valence-electron chi connectivity index (χ1n) is 14.3. The summed E-state index contributed by atoms with van der Waals surface area (Å²) in [5.41, 5.74) is 0. The zero-order valence-electron chi connectivity index (χ0n) is 22.5. The molecule has 0 aromatic heterocycles. The van der Waals surface area contributed by atoms with E-state index in [0.717, 1.165) is 25.7 Å². The summed E-state index contributed by atoms with van der Waals surface area (Å²) in [5.74, 6) is 0. The molecule has 3 unspecified atom stereocenters. The predicted octanol–water partition coefficient (Wildman–Crippen LogP) is 7.23. The molecule has 0 aromatic rings. The second-order valence-corrected chi connectivity index (χ2v) is 9.52. The predicted molar refractivity (Wildman–Crippen MR) is 140 cm³/mol. The Hall–Kier alpha value is -0.200. The monoisotopic (exact) mass is 476 g/mol. The zero-order valence-corrected chi connectivity index (χ0v) is 22.5. The Kier molecular flexibility index (Phi) is 31.6. The van der Waals surface area contributed by atoms with Crippen molar-refractivity contribution in [2.24, 2.45) is 0 Å². The third-order valence-corrected chi connectivity index (χ3v) is 6.11. The summed E-state index contributed by atoms with van der Waals surface area (Å²) in [6, 6.07) is 0. The molecule has 0 aliphatic carbocycles. The van der Waals surface area contributed by atoms with Gasteiger partial charge in [-0.25, -0.2) is 0 Å². The second kappa shape index (κ2) is 29.8. The lowest BCUT2D eigenvalue weighted by molar-refractivity contribution is -0.212. The van der Waals surface area contributed by atoms with Crippen molar-refractivity contribution in [3.8, 4) is 0 Å². The number of aliphatic hydroxyl groups excluding tert-OH is 4. The number of hydrogen-bond donors (Lipinski definition) is 4. The van der Waals surface area contributed by atoms with Gasteiger partial charge in [-0.15, -0.1) is 0 Å². The number of unbranched alkanes of at least 4 members (excludes halogenated alkanes) is 16. The normalized spacial score (nSPS) is 13.9. The molecule has 3 atom stereocenters. The summed E-state index contributed by atoms with van der Waals surface area (Å²) < 4.78 is 5.31. The van der Waals surface area contributed by atoms with Gasteiger partial charge in [0.2, 0.25) is 0 Å². The number of ether oxygens (including phenoxy) is 1. The summed E-state index contributed by atoms with van der Waals surface area (Å²) in [6.45, 7) is 6.21. The second-order valence-electron chi connectivity index (χ2n) is 9.52. The van der Waals surface area contributed by atoms with E-state index in [4.69, 9.17) is 14.9 Å². The standard InChI is InChI=1S/C24H50O3.C4H10O2/c1-3-5-7-9-11-13-15-17-19-21-23(25)27-24(26)22-20-18-16-14-12-10-8-6-4-2;1-2-4(6)3-5/h23-26H,3-22H2,1-2H3;4-6H,2-3H2,1H3. The Morgan fingerprint density at radius 1 is 0.485 bits per heavy atom. The highest BCUT2D eigenvalue weighted by Gasteiger charge is 2.11. The lowest BCUT2D eigenvalue weighted by Crippen LogP contribution is -2.21. The Balaban J connectivity index is 0. The molecule has 0 aliphatic rings. The molecule has 5 heteroatoms. The first kappa shape index (κ1) is 35.0. The molecule has 0 fully saturated rings. The van der Waals surface area contributed by atoms with Crippen LogP contribution in [0.15, 0.2) is 0 Å². The fourth-order valence-electron chi connectivity index (χ4n) is 3.71. The zero-order chi connectivity index (χ0) is 25.0.